The Morgan fingerprint density at radius 3 is 1.90 bits per heavy atom. The summed E-state index contributed by atoms with van der Waals surface area (Å²) in [6.07, 6.45) is 28.6. The number of carbonyl (C=O) groups excluding carboxylic acids is 2. The molecule has 78 heavy (non-hydrogen) atoms. The van der Waals surface area contributed by atoms with Crippen LogP contribution in [0.1, 0.15) is 218 Å². The fourth-order valence-corrected chi connectivity index (χ4v) is 21.1. The summed E-state index contributed by atoms with van der Waals surface area (Å²) in [5.41, 5.74) is 29.6. The zero-order valence-corrected chi connectivity index (χ0v) is 49.6. The van der Waals surface area contributed by atoms with Crippen LogP contribution in [0.3, 0.4) is 0 Å². The molecule has 2 heterocycles. The van der Waals surface area contributed by atoms with Crippen LogP contribution in [0.15, 0.2) is 48.0 Å². The fourth-order valence-electron chi connectivity index (χ4n) is 21.1. The molecule has 10 aliphatic rings. The highest BCUT2D eigenvalue weighted by atomic mass is 16.7. The van der Waals surface area contributed by atoms with Crippen LogP contribution in [-0.4, -0.2) is 42.6 Å². The van der Waals surface area contributed by atoms with E-state index in [9.17, 15) is 9.59 Å². The first-order valence-electron chi connectivity index (χ1n) is 31.8. The number of anilines is 4. The Balaban J connectivity index is 0.000000166. The first-order chi connectivity index (χ1) is 37.0. The number of carbonyl (C=O) groups is 2. The van der Waals surface area contributed by atoms with Gasteiger partial charge < -0.3 is 41.9 Å². The number of ether oxygens (including phenoxy) is 4. The largest absolute Gasteiger partial charge is 0.459 e. The molecule has 8 N–H and O–H groups in total. The van der Waals surface area contributed by atoms with E-state index in [1.165, 1.54) is 89.9 Å². The van der Waals surface area contributed by atoms with E-state index in [-0.39, 0.29) is 35.3 Å². The van der Waals surface area contributed by atoms with Crippen LogP contribution in [0, 0.1) is 98.6 Å². The van der Waals surface area contributed by atoms with E-state index in [0.29, 0.717) is 79.9 Å². The summed E-state index contributed by atoms with van der Waals surface area (Å²) in [5.74, 6) is 8.79. The monoisotopic (exact) mass is 1070 g/mol. The van der Waals surface area contributed by atoms with Gasteiger partial charge in [-0.2, -0.15) is 0 Å². The van der Waals surface area contributed by atoms with Crippen molar-refractivity contribution in [2.75, 3.05) is 29.5 Å². The van der Waals surface area contributed by atoms with E-state index in [1.807, 2.05) is 0 Å². The standard InChI is InChI=1S/C34H50N2O4.C34H52N2O2/c1-19-7-12-34(38-18-19)20(2)30-29(40-34)17-28-26-6-5-22-15-25(39-31(37)21-13-23(35)16-24(36)14-21)8-10-32(22,3)27(26)9-11-33(28,30)4;1-21(2)7-6-8-22(3)29-11-12-30-28-10-9-24-19-27(38-32(37)23-17-25(35)20-26(36)18-23)13-15-33(24,4)31(28)14-16-34(29,30)5/h13-14,16,19-20,22,25-30H,5-12,15,17-18,35-36H2,1-4H3;9,17-18,20-22,27-31H,6-8,10-16,19,35-36H2,1-5H3. The minimum absolute atomic E-state index is 0.0203. The van der Waals surface area contributed by atoms with Crippen molar-refractivity contribution in [1.82, 2.24) is 0 Å². The topological polar surface area (TPSA) is 175 Å². The lowest BCUT2D eigenvalue weighted by Gasteiger charge is -2.61. The molecule has 10 heteroatoms. The number of esters is 2. The van der Waals surface area contributed by atoms with Gasteiger partial charge in [-0.25, -0.2) is 9.59 Å². The first-order valence-corrected chi connectivity index (χ1v) is 31.8. The Kier molecular flexibility index (Phi) is 15.3. The van der Waals surface area contributed by atoms with Crippen LogP contribution in [0.5, 0.6) is 0 Å². The van der Waals surface area contributed by atoms with E-state index >= 15 is 0 Å². The average molecular weight is 1070 g/mol. The molecular weight excluding hydrogens is 969 g/mol. The average Bonchev–Trinajstić information content (AvgIpc) is 2.72. The summed E-state index contributed by atoms with van der Waals surface area (Å²) in [4.78, 5) is 25.8. The zero-order valence-electron chi connectivity index (χ0n) is 49.6. The van der Waals surface area contributed by atoms with Gasteiger partial charge in [-0.1, -0.05) is 93.2 Å². The number of nitrogen functional groups attached to an aromatic ring is 4. The lowest BCUT2D eigenvalue weighted by molar-refractivity contribution is -0.273. The van der Waals surface area contributed by atoms with Crippen molar-refractivity contribution in [3.05, 3.63) is 59.2 Å². The SMILES string of the molecule is CC(C)CCCC(C)C1CCC2C3CC=C4CC(OC(=O)c5cc(N)cc(N)c5)CCC4(C)C3CCC12C.CC1CCC2(OC1)OC1CC3C4CCC5CC(OC(=O)c6cc(N)cc(N)c6)CCC5(C)C4CCC3(C)C1C2C. The maximum Gasteiger partial charge on any atom is 0.338 e. The fraction of sp³-hybridized carbons (Fsp3) is 0.765. The number of rotatable bonds is 9. The molecule has 0 amide bonds. The second kappa shape index (κ2) is 21.2. The highest BCUT2D eigenvalue weighted by Gasteiger charge is 2.69. The molecule has 1 spiro atoms. The summed E-state index contributed by atoms with van der Waals surface area (Å²) in [7, 11) is 0. The van der Waals surface area contributed by atoms with Gasteiger partial charge >= 0.3 is 11.9 Å². The van der Waals surface area contributed by atoms with Gasteiger partial charge in [-0.15, -0.1) is 0 Å². The Labute approximate surface area is 469 Å². The second-order valence-electron chi connectivity index (χ2n) is 29.8. The molecule has 0 aromatic heterocycles. The molecule has 12 rings (SSSR count). The summed E-state index contributed by atoms with van der Waals surface area (Å²) >= 11 is 0. The van der Waals surface area contributed by atoms with Crippen molar-refractivity contribution in [3.8, 4) is 0 Å². The molecule has 2 aromatic carbocycles. The minimum atomic E-state index is -0.330. The molecule has 2 aromatic rings. The summed E-state index contributed by atoms with van der Waals surface area (Å²) in [5, 5.41) is 0. The lowest BCUT2D eigenvalue weighted by Crippen LogP contribution is -2.55. The summed E-state index contributed by atoms with van der Waals surface area (Å²) in [6.45, 7) is 23.3. The Morgan fingerprint density at radius 2 is 1.24 bits per heavy atom. The third-order valence-electron chi connectivity index (χ3n) is 25.1. The normalized spacial score (nSPS) is 43.5. The van der Waals surface area contributed by atoms with Crippen molar-refractivity contribution in [1.29, 1.82) is 0 Å². The Morgan fingerprint density at radius 1 is 0.628 bits per heavy atom. The van der Waals surface area contributed by atoms with Crippen LogP contribution < -0.4 is 22.9 Å². The van der Waals surface area contributed by atoms with Crippen molar-refractivity contribution in [2.45, 2.75) is 221 Å². The number of nitrogens with two attached hydrogens (primary N) is 4. The van der Waals surface area contributed by atoms with Gasteiger partial charge in [0, 0.05) is 41.5 Å². The van der Waals surface area contributed by atoms with Crippen LogP contribution in [-0.2, 0) is 18.9 Å². The lowest BCUT2D eigenvalue weighted by atomic mass is 9.44. The quantitative estimate of drug-likeness (QED) is 0.107. The number of fused-ring (bicyclic) bond motifs is 12. The van der Waals surface area contributed by atoms with Crippen LogP contribution in [0.4, 0.5) is 22.7 Å². The highest BCUT2D eigenvalue weighted by molar-refractivity contribution is 5.92. The molecule has 8 aliphatic carbocycles. The predicted molar refractivity (Wildman–Crippen MR) is 314 cm³/mol. The summed E-state index contributed by atoms with van der Waals surface area (Å²) in [6, 6.07) is 10.00. The number of benzene rings is 2. The van der Waals surface area contributed by atoms with Crippen molar-refractivity contribution >= 4 is 34.7 Å². The zero-order chi connectivity index (χ0) is 55.3. The Hall–Kier alpha value is -3.76. The maximum atomic E-state index is 12.9. The molecular formula is C68H102N4O6. The third-order valence-corrected chi connectivity index (χ3v) is 25.1. The van der Waals surface area contributed by atoms with E-state index in [4.69, 9.17) is 41.9 Å². The van der Waals surface area contributed by atoms with Gasteiger partial charge in [0.05, 0.1) is 23.8 Å². The molecule has 20 unspecified atom stereocenters. The van der Waals surface area contributed by atoms with Gasteiger partial charge in [-0.3, -0.25) is 0 Å². The van der Waals surface area contributed by atoms with E-state index in [1.54, 1.807) is 42.0 Å². The van der Waals surface area contributed by atoms with Crippen LogP contribution >= 0.6 is 0 Å². The maximum absolute atomic E-state index is 12.9. The number of hydrogen-bond acceptors (Lipinski definition) is 10. The van der Waals surface area contributed by atoms with Gasteiger partial charge in [-0.05, 0) is 232 Å². The van der Waals surface area contributed by atoms with Crippen molar-refractivity contribution < 1.29 is 28.5 Å². The smallest absolute Gasteiger partial charge is 0.338 e. The Bertz CT molecular complexity index is 2530. The summed E-state index contributed by atoms with van der Waals surface area (Å²) < 4.78 is 25.5. The van der Waals surface area contributed by atoms with E-state index < -0.39 is 0 Å². The molecule has 20 atom stereocenters. The molecule has 9 fully saturated rings. The van der Waals surface area contributed by atoms with Gasteiger partial charge in [0.2, 0.25) is 0 Å². The predicted octanol–water partition coefficient (Wildman–Crippen LogP) is 15.2. The molecule has 430 valence electrons. The van der Waals surface area contributed by atoms with Crippen LogP contribution in [0.2, 0.25) is 0 Å². The molecule has 0 bridgehead atoms. The molecule has 0 radical (unpaired) electrons. The molecule has 2 saturated heterocycles. The van der Waals surface area contributed by atoms with Gasteiger partial charge in [0.1, 0.15) is 12.2 Å². The second-order valence-corrected chi connectivity index (χ2v) is 29.8. The third kappa shape index (κ3) is 9.92. The van der Waals surface area contributed by atoms with E-state index in [0.717, 1.165) is 105 Å². The number of hydrogen-bond donors (Lipinski definition) is 4. The van der Waals surface area contributed by atoms with Gasteiger partial charge in [0.25, 0.3) is 0 Å². The van der Waals surface area contributed by atoms with Gasteiger partial charge in [0.15, 0.2) is 5.79 Å². The molecule has 7 saturated carbocycles. The minimum Gasteiger partial charge on any atom is -0.459 e. The van der Waals surface area contributed by atoms with E-state index in [2.05, 4.69) is 68.4 Å². The van der Waals surface area contributed by atoms with Crippen molar-refractivity contribution in [2.24, 2.45) is 98.6 Å². The van der Waals surface area contributed by atoms with Crippen LogP contribution in [0.25, 0.3) is 0 Å². The first kappa shape index (κ1) is 56.1. The molecule has 10 nitrogen and oxygen atoms in total. The van der Waals surface area contributed by atoms with Crippen molar-refractivity contribution in [3.63, 3.8) is 0 Å². The highest BCUT2D eigenvalue weighted by Crippen LogP contribution is 2.72. The molecule has 2 aliphatic heterocycles. The number of allylic oxidation sites excluding steroid dienone is 1.